The van der Waals surface area contributed by atoms with E-state index in [4.69, 9.17) is 32.1 Å². The van der Waals surface area contributed by atoms with Crippen LogP contribution in [0.3, 0.4) is 0 Å². The molecular formula is C24H17Cl2N3O7S. The topological polar surface area (TPSA) is 149 Å². The van der Waals surface area contributed by atoms with Crippen molar-refractivity contribution < 1.29 is 27.1 Å². The molecule has 0 saturated heterocycles. The summed E-state index contributed by atoms with van der Waals surface area (Å²) in [6, 6.07) is 13.9. The van der Waals surface area contributed by atoms with Crippen molar-refractivity contribution in [1.29, 1.82) is 5.26 Å². The molecule has 13 heteroatoms. The highest BCUT2D eigenvalue weighted by molar-refractivity contribution is 7.87. The van der Waals surface area contributed by atoms with E-state index in [0.29, 0.717) is 0 Å². The van der Waals surface area contributed by atoms with Crippen LogP contribution in [0.1, 0.15) is 11.1 Å². The standard InChI is InChI=1S/C24H17Cl2N3O7S/c1-14-3-6-18(7-4-14)37(33,34)36-22-10-15(5-8-21(22)35-2)9-16(13-27)24(30)28-23-19(25)11-17(29(31)32)12-20(23)26/h3-12H,1-2H3,(H,28,30)/b16-9+. The van der Waals surface area contributed by atoms with Gasteiger partial charge in [-0.1, -0.05) is 47.0 Å². The average molecular weight is 562 g/mol. The number of methoxy groups -OCH3 is 1. The number of carbonyl (C=O) groups excluding carboxylic acids is 1. The molecule has 0 unspecified atom stereocenters. The van der Waals surface area contributed by atoms with E-state index in [1.54, 1.807) is 18.2 Å². The Morgan fingerprint density at radius 3 is 2.24 bits per heavy atom. The summed E-state index contributed by atoms with van der Waals surface area (Å²) in [5.74, 6) is -0.984. The molecule has 37 heavy (non-hydrogen) atoms. The van der Waals surface area contributed by atoms with Crippen molar-refractivity contribution in [3.8, 4) is 17.6 Å². The first-order valence-electron chi connectivity index (χ1n) is 10.2. The number of carbonyl (C=O) groups is 1. The number of nitrogens with zero attached hydrogens (tertiary/aromatic N) is 2. The van der Waals surface area contributed by atoms with Crippen LogP contribution in [0.15, 0.2) is 65.1 Å². The van der Waals surface area contributed by atoms with E-state index in [9.17, 15) is 28.6 Å². The lowest BCUT2D eigenvalue weighted by Crippen LogP contribution is -2.14. The highest BCUT2D eigenvalue weighted by atomic mass is 35.5. The Labute approximate surface area is 221 Å². The zero-order valence-corrected chi connectivity index (χ0v) is 21.5. The van der Waals surface area contributed by atoms with Gasteiger partial charge in [0, 0.05) is 12.1 Å². The minimum Gasteiger partial charge on any atom is -0.493 e. The number of rotatable bonds is 8. The first-order valence-corrected chi connectivity index (χ1v) is 12.4. The molecule has 1 amide bonds. The van der Waals surface area contributed by atoms with Gasteiger partial charge in [-0.05, 0) is 42.8 Å². The first kappa shape index (κ1) is 27.5. The number of aryl methyl sites for hydroxylation is 1. The maximum Gasteiger partial charge on any atom is 0.339 e. The van der Waals surface area contributed by atoms with Gasteiger partial charge >= 0.3 is 10.1 Å². The lowest BCUT2D eigenvalue weighted by atomic mass is 10.1. The van der Waals surface area contributed by atoms with Crippen LogP contribution in [0.25, 0.3) is 6.08 Å². The number of nitro benzene ring substituents is 1. The Kier molecular flexibility index (Phi) is 8.39. The highest BCUT2D eigenvalue weighted by Gasteiger charge is 2.21. The Hall–Kier alpha value is -4.11. The van der Waals surface area contributed by atoms with Gasteiger partial charge in [0.15, 0.2) is 11.5 Å². The van der Waals surface area contributed by atoms with Crippen molar-refractivity contribution in [2.75, 3.05) is 12.4 Å². The van der Waals surface area contributed by atoms with E-state index in [0.717, 1.165) is 17.7 Å². The van der Waals surface area contributed by atoms with Crippen molar-refractivity contribution in [3.63, 3.8) is 0 Å². The summed E-state index contributed by atoms with van der Waals surface area (Å²) in [4.78, 5) is 22.9. The number of halogens is 2. The summed E-state index contributed by atoms with van der Waals surface area (Å²) < 4.78 is 35.9. The third kappa shape index (κ3) is 6.56. The fourth-order valence-electron chi connectivity index (χ4n) is 3.00. The summed E-state index contributed by atoms with van der Waals surface area (Å²) in [7, 11) is -2.89. The minimum atomic E-state index is -4.21. The van der Waals surface area contributed by atoms with Crippen molar-refractivity contribution in [2.24, 2.45) is 0 Å². The second-order valence-electron chi connectivity index (χ2n) is 7.43. The summed E-state index contributed by atoms with van der Waals surface area (Å²) in [6.45, 7) is 1.81. The molecule has 1 N–H and O–H groups in total. The van der Waals surface area contributed by atoms with Crippen LogP contribution in [-0.2, 0) is 14.9 Å². The number of hydrogen-bond donors (Lipinski definition) is 1. The molecular weight excluding hydrogens is 545 g/mol. The molecule has 3 aromatic carbocycles. The highest BCUT2D eigenvalue weighted by Crippen LogP contribution is 2.35. The fourth-order valence-corrected chi connectivity index (χ4v) is 4.50. The summed E-state index contributed by atoms with van der Waals surface area (Å²) in [6.07, 6.45) is 1.17. The van der Waals surface area contributed by atoms with Crippen molar-refractivity contribution in [1.82, 2.24) is 0 Å². The Balaban J connectivity index is 1.92. The van der Waals surface area contributed by atoms with Crippen LogP contribution in [-0.4, -0.2) is 26.4 Å². The molecule has 0 spiro atoms. The van der Waals surface area contributed by atoms with E-state index in [2.05, 4.69) is 5.32 Å². The lowest BCUT2D eigenvalue weighted by molar-refractivity contribution is -0.384. The molecule has 3 aromatic rings. The van der Waals surface area contributed by atoms with Gasteiger partial charge in [0.2, 0.25) is 0 Å². The maximum atomic E-state index is 12.7. The fraction of sp³-hybridized carbons (Fsp3) is 0.0833. The van der Waals surface area contributed by atoms with Gasteiger partial charge in [0.25, 0.3) is 11.6 Å². The summed E-state index contributed by atoms with van der Waals surface area (Å²) in [5.41, 5.74) is 0.200. The van der Waals surface area contributed by atoms with Crippen LogP contribution in [0.2, 0.25) is 10.0 Å². The Morgan fingerprint density at radius 1 is 1.08 bits per heavy atom. The van der Waals surface area contributed by atoms with Gasteiger partial charge in [-0.25, -0.2) is 0 Å². The zero-order valence-electron chi connectivity index (χ0n) is 19.2. The normalized spacial score (nSPS) is 11.4. The van der Waals surface area contributed by atoms with E-state index < -0.39 is 26.5 Å². The van der Waals surface area contributed by atoms with Crippen LogP contribution >= 0.6 is 23.2 Å². The molecule has 0 fully saturated rings. The molecule has 190 valence electrons. The zero-order chi connectivity index (χ0) is 27.3. The van der Waals surface area contributed by atoms with Gasteiger partial charge in [0.05, 0.1) is 27.8 Å². The molecule has 0 saturated carbocycles. The van der Waals surface area contributed by atoms with Crippen molar-refractivity contribution >= 4 is 56.7 Å². The number of amides is 1. The largest absolute Gasteiger partial charge is 0.493 e. The molecule has 0 atom stereocenters. The minimum absolute atomic E-state index is 0.0740. The molecule has 0 bridgehead atoms. The number of nitriles is 1. The molecule has 0 aliphatic heterocycles. The van der Waals surface area contributed by atoms with Crippen LogP contribution in [0.5, 0.6) is 11.5 Å². The molecule has 0 aromatic heterocycles. The monoisotopic (exact) mass is 561 g/mol. The second kappa shape index (κ2) is 11.3. The number of nitrogens with one attached hydrogen (secondary N) is 1. The van der Waals surface area contributed by atoms with Gasteiger partial charge in [-0.15, -0.1) is 0 Å². The van der Waals surface area contributed by atoms with Gasteiger partial charge < -0.3 is 14.2 Å². The molecule has 3 rings (SSSR count). The van der Waals surface area contributed by atoms with E-state index in [1.165, 1.54) is 43.5 Å². The van der Waals surface area contributed by atoms with Gasteiger partial charge in [-0.2, -0.15) is 13.7 Å². The molecule has 0 radical (unpaired) electrons. The maximum absolute atomic E-state index is 12.7. The molecule has 0 aliphatic carbocycles. The Bertz CT molecular complexity index is 1540. The van der Waals surface area contributed by atoms with E-state index in [-0.39, 0.29) is 43.4 Å². The SMILES string of the molecule is COc1ccc(/C=C(\C#N)C(=O)Nc2c(Cl)cc([N+](=O)[O-])cc2Cl)cc1OS(=O)(=O)c1ccc(C)cc1. The van der Waals surface area contributed by atoms with E-state index in [1.807, 2.05) is 6.92 Å². The predicted octanol–water partition coefficient (Wildman–Crippen LogP) is 5.53. The lowest BCUT2D eigenvalue weighted by Gasteiger charge is -2.12. The van der Waals surface area contributed by atoms with Crippen molar-refractivity contribution in [3.05, 3.63) is 91.5 Å². The average Bonchev–Trinajstić information content (AvgIpc) is 2.84. The first-order chi connectivity index (χ1) is 17.4. The number of hydrogen-bond acceptors (Lipinski definition) is 8. The second-order valence-corrected chi connectivity index (χ2v) is 9.79. The third-order valence-electron chi connectivity index (χ3n) is 4.85. The van der Waals surface area contributed by atoms with Crippen LogP contribution in [0.4, 0.5) is 11.4 Å². The van der Waals surface area contributed by atoms with Gasteiger partial charge in [0.1, 0.15) is 16.5 Å². The molecule has 0 aliphatic rings. The molecule has 0 heterocycles. The van der Waals surface area contributed by atoms with E-state index >= 15 is 0 Å². The number of nitro groups is 1. The summed E-state index contributed by atoms with van der Waals surface area (Å²) in [5, 5.41) is 22.4. The smallest absolute Gasteiger partial charge is 0.339 e. The number of anilines is 1. The van der Waals surface area contributed by atoms with Gasteiger partial charge in [-0.3, -0.25) is 14.9 Å². The quantitative estimate of drug-likeness (QED) is 0.124. The molecule has 10 nitrogen and oxygen atoms in total. The predicted molar refractivity (Wildman–Crippen MR) is 137 cm³/mol. The Morgan fingerprint density at radius 2 is 1.70 bits per heavy atom. The van der Waals surface area contributed by atoms with Crippen LogP contribution < -0.4 is 14.2 Å². The summed E-state index contributed by atoms with van der Waals surface area (Å²) >= 11 is 12.0. The number of ether oxygens (including phenoxy) is 1. The number of non-ortho nitro benzene ring substituents is 1. The van der Waals surface area contributed by atoms with Crippen LogP contribution in [0, 0.1) is 28.4 Å². The third-order valence-corrected chi connectivity index (χ3v) is 6.69. The van der Waals surface area contributed by atoms with Crippen molar-refractivity contribution in [2.45, 2.75) is 11.8 Å². The number of benzene rings is 3.